The van der Waals surface area contributed by atoms with Gasteiger partial charge in [0, 0.05) is 6.07 Å². The zero-order valence-electron chi connectivity index (χ0n) is 13.3. The molecule has 0 saturated carbocycles. The summed E-state index contributed by atoms with van der Waals surface area (Å²) in [4.78, 5) is 0. The van der Waals surface area contributed by atoms with E-state index < -0.39 is 0 Å². The van der Waals surface area contributed by atoms with Crippen LogP contribution in [0.25, 0.3) is 0 Å². The highest BCUT2D eigenvalue weighted by Crippen LogP contribution is 2.09. The van der Waals surface area contributed by atoms with Crippen molar-refractivity contribution in [1.29, 1.82) is 0 Å². The van der Waals surface area contributed by atoms with Crippen LogP contribution in [0, 0.1) is 0 Å². The van der Waals surface area contributed by atoms with Crippen LogP contribution in [0.4, 0.5) is 0 Å². The van der Waals surface area contributed by atoms with Crippen LogP contribution >= 0.6 is 0 Å². The molecule has 0 saturated heterocycles. The zero-order valence-corrected chi connectivity index (χ0v) is 14.0. The Balaban J connectivity index is 0.00000400. The van der Waals surface area contributed by atoms with E-state index >= 15 is 0 Å². The predicted octanol–water partition coefficient (Wildman–Crippen LogP) is 1.19. The van der Waals surface area contributed by atoms with Gasteiger partial charge in [0.15, 0.2) is 11.9 Å². The first-order valence-electron chi connectivity index (χ1n) is 8.08. The summed E-state index contributed by atoms with van der Waals surface area (Å²) in [6, 6.07) is 3.48. The number of nitrogens with zero attached hydrogens (tertiary/aromatic N) is 1. The van der Waals surface area contributed by atoms with E-state index in [0.29, 0.717) is 6.73 Å². The molecule has 3 nitrogen and oxygen atoms in total. The first-order valence-corrected chi connectivity index (χ1v) is 8.08. The number of halogens is 1. The molecule has 0 fully saturated rings. The van der Waals surface area contributed by atoms with E-state index in [2.05, 4.69) is 6.92 Å². The number of unbranched alkanes of at least 4 members (excludes halogenated alkanes) is 8. The third kappa shape index (κ3) is 11.5. The van der Waals surface area contributed by atoms with Gasteiger partial charge in [-0.25, -0.2) is 0 Å². The van der Waals surface area contributed by atoms with E-state index in [0.717, 1.165) is 13.0 Å². The highest BCUT2D eigenvalue weighted by atomic mass is 35.5. The molecule has 1 N–H and O–H groups in total. The van der Waals surface area contributed by atoms with Crippen molar-refractivity contribution >= 4 is 0 Å². The van der Waals surface area contributed by atoms with Gasteiger partial charge in [-0.2, -0.15) is 4.57 Å². The van der Waals surface area contributed by atoms with Crippen molar-refractivity contribution in [3.05, 3.63) is 24.5 Å². The minimum absolute atomic E-state index is 0. The second kappa shape index (κ2) is 14.2. The predicted molar refractivity (Wildman–Crippen MR) is 81.5 cm³/mol. The summed E-state index contributed by atoms with van der Waals surface area (Å²) in [5.41, 5.74) is 0. The molecule has 0 radical (unpaired) electrons. The van der Waals surface area contributed by atoms with E-state index in [1.165, 1.54) is 51.4 Å². The topological polar surface area (TPSA) is 33.3 Å². The van der Waals surface area contributed by atoms with Crippen LogP contribution in [0.5, 0.6) is 5.75 Å². The third-order valence-electron chi connectivity index (χ3n) is 3.48. The lowest BCUT2D eigenvalue weighted by molar-refractivity contribution is -0.733. The lowest BCUT2D eigenvalue weighted by Crippen LogP contribution is -3.00. The number of aromatic hydroxyl groups is 1. The van der Waals surface area contributed by atoms with Gasteiger partial charge < -0.3 is 22.3 Å². The van der Waals surface area contributed by atoms with Gasteiger partial charge in [-0.3, -0.25) is 0 Å². The van der Waals surface area contributed by atoms with Crippen molar-refractivity contribution in [1.82, 2.24) is 0 Å². The molecule has 0 unspecified atom stereocenters. The SMILES string of the molecule is CCCCCCCCCCCOC[n+]1cccc(O)c1.[Cl-]. The Morgan fingerprint density at radius 1 is 1.00 bits per heavy atom. The Kier molecular flexibility index (Phi) is 13.6. The molecule has 0 aliphatic rings. The summed E-state index contributed by atoms with van der Waals surface area (Å²) in [5.74, 6) is 0.277. The maximum Gasteiger partial charge on any atom is 0.252 e. The molecule has 1 rings (SSSR count). The van der Waals surface area contributed by atoms with Crippen molar-refractivity contribution in [2.45, 2.75) is 71.4 Å². The van der Waals surface area contributed by atoms with Crippen LogP contribution in [0.1, 0.15) is 64.7 Å². The quantitative estimate of drug-likeness (QED) is 0.464. The summed E-state index contributed by atoms with van der Waals surface area (Å²) in [7, 11) is 0. The Morgan fingerprint density at radius 3 is 2.24 bits per heavy atom. The maximum atomic E-state index is 9.31. The van der Waals surface area contributed by atoms with Gasteiger partial charge in [0.2, 0.25) is 6.20 Å². The third-order valence-corrected chi connectivity index (χ3v) is 3.48. The lowest BCUT2D eigenvalue weighted by Gasteiger charge is -2.02. The average Bonchev–Trinajstić information content (AvgIpc) is 2.45. The van der Waals surface area contributed by atoms with Gasteiger partial charge in [-0.1, -0.05) is 58.3 Å². The molecular formula is C17H30ClNO2. The van der Waals surface area contributed by atoms with Crippen LogP contribution in [-0.4, -0.2) is 11.7 Å². The Bertz CT molecular complexity index is 347. The molecule has 0 spiro atoms. The fourth-order valence-electron chi connectivity index (χ4n) is 2.27. The van der Waals surface area contributed by atoms with E-state index in [1.807, 2.05) is 16.8 Å². The number of hydrogen-bond acceptors (Lipinski definition) is 2. The Morgan fingerprint density at radius 2 is 1.62 bits per heavy atom. The number of rotatable bonds is 12. The molecule has 1 aromatic rings. The molecule has 1 aromatic heterocycles. The average molecular weight is 316 g/mol. The fourth-order valence-corrected chi connectivity index (χ4v) is 2.27. The molecule has 0 aromatic carbocycles. The maximum absolute atomic E-state index is 9.31. The molecule has 0 atom stereocenters. The van der Waals surface area contributed by atoms with Crippen molar-refractivity contribution in [3.63, 3.8) is 0 Å². The zero-order chi connectivity index (χ0) is 14.5. The van der Waals surface area contributed by atoms with Gasteiger partial charge in [0.1, 0.15) is 0 Å². The monoisotopic (exact) mass is 315 g/mol. The van der Waals surface area contributed by atoms with Crippen molar-refractivity contribution < 1.29 is 26.8 Å². The number of pyridine rings is 1. The highest BCUT2D eigenvalue weighted by Gasteiger charge is 2.00. The van der Waals surface area contributed by atoms with Crippen molar-refractivity contribution in [2.75, 3.05) is 6.61 Å². The molecule has 122 valence electrons. The minimum Gasteiger partial charge on any atom is -1.00 e. The molecule has 21 heavy (non-hydrogen) atoms. The smallest absolute Gasteiger partial charge is 0.252 e. The second-order valence-electron chi connectivity index (χ2n) is 5.44. The summed E-state index contributed by atoms with van der Waals surface area (Å²) < 4.78 is 7.44. The lowest BCUT2D eigenvalue weighted by atomic mass is 10.1. The van der Waals surface area contributed by atoms with Gasteiger partial charge >= 0.3 is 0 Å². The van der Waals surface area contributed by atoms with Crippen molar-refractivity contribution in [3.8, 4) is 5.75 Å². The minimum atomic E-state index is 0. The number of hydrogen-bond donors (Lipinski definition) is 1. The van der Waals surface area contributed by atoms with Crippen LogP contribution < -0.4 is 17.0 Å². The molecule has 0 aliphatic carbocycles. The summed E-state index contributed by atoms with van der Waals surface area (Å²) in [6.45, 7) is 3.58. The molecule has 0 aliphatic heterocycles. The van der Waals surface area contributed by atoms with Crippen LogP contribution in [0.15, 0.2) is 24.5 Å². The first-order chi connectivity index (χ1) is 9.83. The molecule has 1 heterocycles. The summed E-state index contributed by atoms with van der Waals surface area (Å²) in [6.07, 6.45) is 15.6. The van der Waals surface area contributed by atoms with Crippen LogP contribution in [0.2, 0.25) is 0 Å². The molecule has 0 amide bonds. The fraction of sp³-hybridized carbons (Fsp3) is 0.706. The normalized spacial score (nSPS) is 10.3. The van der Waals surface area contributed by atoms with Gasteiger partial charge in [-0.15, -0.1) is 0 Å². The molecule has 0 bridgehead atoms. The largest absolute Gasteiger partial charge is 1.00 e. The summed E-state index contributed by atoms with van der Waals surface area (Å²) >= 11 is 0. The van der Waals surface area contributed by atoms with Gasteiger partial charge in [0.05, 0.1) is 6.61 Å². The number of aromatic nitrogens is 1. The number of ether oxygens (including phenoxy) is 1. The molecular weight excluding hydrogens is 286 g/mol. The van der Waals surface area contributed by atoms with E-state index in [1.54, 1.807) is 12.3 Å². The van der Waals surface area contributed by atoms with Gasteiger partial charge in [0.25, 0.3) is 6.73 Å². The van der Waals surface area contributed by atoms with E-state index in [4.69, 9.17) is 4.74 Å². The van der Waals surface area contributed by atoms with Crippen molar-refractivity contribution in [2.24, 2.45) is 0 Å². The van der Waals surface area contributed by atoms with Gasteiger partial charge in [-0.05, 0) is 12.5 Å². The summed E-state index contributed by atoms with van der Waals surface area (Å²) in [5, 5.41) is 9.31. The standard InChI is InChI=1S/C17H29NO2.ClH/c1-2-3-4-5-6-7-8-9-10-14-20-16-18-13-11-12-17(19)15-18;/h11-13,15H,2-10,14,16H2,1H3;1H. The Labute approximate surface area is 135 Å². The van der Waals surface area contributed by atoms with Crippen LogP contribution in [-0.2, 0) is 11.5 Å². The first kappa shape index (κ1) is 20.2. The van der Waals surface area contributed by atoms with Crippen LogP contribution in [0.3, 0.4) is 0 Å². The highest BCUT2D eigenvalue weighted by molar-refractivity contribution is 5.09. The van der Waals surface area contributed by atoms with E-state index in [-0.39, 0.29) is 18.2 Å². The Hall–Kier alpha value is -0.800. The van der Waals surface area contributed by atoms with E-state index in [9.17, 15) is 5.11 Å². The second-order valence-corrected chi connectivity index (χ2v) is 5.44. The molecule has 4 heteroatoms.